The molecule has 652 valence electrons. The second kappa shape index (κ2) is 46.2. The summed E-state index contributed by atoms with van der Waals surface area (Å²) in [6, 6.07) is 30.8. The Morgan fingerprint density at radius 1 is 0.378 bits per heavy atom. The molecule has 6 aromatic rings. The Labute approximate surface area is 729 Å². The van der Waals surface area contributed by atoms with E-state index in [1.54, 1.807) is 59.5 Å². The van der Waals surface area contributed by atoms with E-state index in [9.17, 15) is 44.4 Å². The Morgan fingerprint density at radius 3 is 0.958 bits per heavy atom. The fraction of sp³-hybridized carbons (Fsp3) is 0.512. The number of rotatable bonds is 46. The van der Waals surface area contributed by atoms with E-state index in [0.29, 0.717) is 95.6 Å². The fourth-order valence-corrected chi connectivity index (χ4v) is 19.9. The first-order valence-corrected chi connectivity index (χ1v) is 46.5. The van der Waals surface area contributed by atoms with Crippen molar-refractivity contribution >= 4 is 123 Å². The molecule has 0 aliphatic carbocycles. The molecule has 6 aromatic carbocycles. The largest absolute Gasteiger partial charge is 0.378 e. The number of hydrogen-bond donors (Lipinski definition) is 7. The van der Waals surface area contributed by atoms with E-state index in [4.69, 9.17) is 98.0 Å². The van der Waals surface area contributed by atoms with Crippen LogP contribution in [0.25, 0.3) is 0 Å². The fourth-order valence-electron chi connectivity index (χ4n) is 15.0. The van der Waals surface area contributed by atoms with Crippen LogP contribution in [0.1, 0.15) is 106 Å². The molecule has 37 heteroatoms. The Balaban J connectivity index is 0.663. The van der Waals surface area contributed by atoms with Crippen molar-refractivity contribution in [1.82, 2.24) is 59.9 Å². The quantitative estimate of drug-likeness (QED) is 0.0175. The van der Waals surface area contributed by atoms with Gasteiger partial charge in [0, 0.05) is 177 Å². The van der Waals surface area contributed by atoms with Crippen LogP contribution in [0.4, 0.5) is 4.79 Å². The summed E-state index contributed by atoms with van der Waals surface area (Å²) in [6.45, 7) is 7.70. The summed E-state index contributed by atoms with van der Waals surface area (Å²) in [5.74, 6) is -1.56. The lowest BCUT2D eigenvalue weighted by molar-refractivity contribution is -0.121. The Morgan fingerprint density at radius 2 is 0.664 bits per heavy atom. The normalized spacial score (nSPS) is 17.0. The van der Waals surface area contributed by atoms with E-state index < -0.39 is 41.6 Å². The summed E-state index contributed by atoms with van der Waals surface area (Å²) >= 11 is 39.0. The molecule has 7 N–H and O–H groups in total. The smallest absolute Gasteiger partial charge is 0.317 e. The second-order valence-electron chi connectivity index (χ2n) is 30.2. The van der Waals surface area contributed by atoms with Gasteiger partial charge in [-0.05, 0) is 170 Å². The molecule has 0 radical (unpaired) electrons. The van der Waals surface area contributed by atoms with Crippen LogP contribution < -0.4 is 35.4 Å². The minimum Gasteiger partial charge on any atom is -0.378 e. The van der Waals surface area contributed by atoms with Gasteiger partial charge in [-0.25, -0.2) is 44.2 Å². The molecule has 1 saturated heterocycles. The van der Waals surface area contributed by atoms with Crippen molar-refractivity contribution in [2.75, 3.05) is 193 Å². The molecule has 10 rings (SSSR count). The number of halogens is 6. The van der Waals surface area contributed by atoms with Gasteiger partial charge in [-0.1, -0.05) is 106 Å². The summed E-state index contributed by atoms with van der Waals surface area (Å²) in [5, 5.41) is 15.0. The molecule has 0 aromatic heterocycles. The Hall–Kier alpha value is -5.93. The molecule has 0 unspecified atom stereocenters. The highest BCUT2D eigenvalue weighted by atomic mass is 35.5. The average molecular weight is 1830 g/mol. The monoisotopic (exact) mass is 1820 g/mol. The van der Waals surface area contributed by atoms with Crippen molar-refractivity contribution in [1.29, 1.82) is 0 Å². The van der Waals surface area contributed by atoms with Crippen LogP contribution in [0.5, 0.6) is 0 Å². The summed E-state index contributed by atoms with van der Waals surface area (Å²) < 4.78 is 123. The van der Waals surface area contributed by atoms with Gasteiger partial charge in [0.05, 0.1) is 94.0 Å². The van der Waals surface area contributed by atoms with Crippen LogP contribution >= 0.6 is 69.6 Å². The van der Waals surface area contributed by atoms with Crippen molar-refractivity contribution in [3.63, 3.8) is 0 Å². The molecule has 0 bridgehead atoms. The summed E-state index contributed by atoms with van der Waals surface area (Å²) in [5.41, 5.74) is 6.93. The number of urea groups is 1. The number of benzene rings is 6. The van der Waals surface area contributed by atoms with E-state index in [1.165, 1.54) is 18.2 Å². The van der Waals surface area contributed by atoms with Crippen molar-refractivity contribution in [2.24, 2.45) is 0 Å². The zero-order chi connectivity index (χ0) is 85.3. The summed E-state index contributed by atoms with van der Waals surface area (Å²) in [6.07, 6.45) is -0.142. The number of piperazine rings is 1. The first-order chi connectivity index (χ1) is 56.9. The molecule has 119 heavy (non-hydrogen) atoms. The Bertz CT molecular complexity index is 4350. The molecule has 0 spiro atoms. The van der Waals surface area contributed by atoms with E-state index in [1.807, 2.05) is 64.6 Å². The topological polar surface area (TPSA) is 326 Å². The van der Waals surface area contributed by atoms with Gasteiger partial charge < -0.3 is 74.2 Å². The zero-order valence-electron chi connectivity index (χ0n) is 67.4. The summed E-state index contributed by atoms with van der Waals surface area (Å²) in [4.78, 5) is 65.9. The van der Waals surface area contributed by atoms with Crippen LogP contribution in [0.15, 0.2) is 124 Å². The van der Waals surface area contributed by atoms with Gasteiger partial charge in [0.15, 0.2) is 0 Å². The number of ether oxygens (including phenoxy) is 6. The number of fused-ring (bicyclic) bond motifs is 3. The first-order valence-electron chi connectivity index (χ1n) is 39.8. The highest BCUT2D eigenvalue weighted by molar-refractivity contribution is 7.90. The maximum Gasteiger partial charge on any atom is 0.317 e. The molecule has 4 aliphatic rings. The molecular weight excluding hydrogens is 1720 g/mol. The number of nitrogens with one attached hydrogen (secondary N) is 7. The third kappa shape index (κ3) is 28.8. The number of amides is 5. The standard InChI is InChI=1S/C82H108Cl6N12O16S3/c1-96-26-28-100(29-27-96)81(104)95-82(17-14-78(101)89-20-30-111-36-39-114-33-23-92-117(105,106)63-11-5-8-57(42-63)69-51-97(2)54-72-66(69)45-60(83)48-75(72)86,18-15-79(102)90-21-31-112-37-40-115-34-24-93-118(107,108)64-12-6-9-58(43-64)70-52-98(3)55-73-67(70)46-61(84)49-76(73)87)19-16-80(103)91-22-32-113-38-41-116-35-25-94-119(109,110)65-13-7-10-59(44-65)71-53-99(4)56-74-68(71)47-62(85)50-77(74)88/h5-13,42-50,69-71,92-94H,14-41,51-56H2,1-4H3,(H,89,101)(H,90,102)(H,91,103)(H,95,104)/t69-,70-,71-/m0/s1. The van der Waals surface area contributed by atoms with Crippen molar-refractivity contribution in [3.05, 3.63) is 189 Å². The summed E-state index contributed by atoms with van der Waals surface area (Å²) in [7, 11) is -3.81. The lowest BCUT2D eigenvalue weighted by Crippen LogP contribution is -2.57. The maximum atomic E-state index is 14.3. The SMILES string of the molecule is CN1CCN(C(=O)NC(CCC(=O)NCCOCCOCCNS(=O)(=O)c2cccc([C@@H]3CN(C)Cc4c(Cl)cc(Cl)cc43)c2)(CCC(=O)NCCOCCOCCNS(=O)(=O)c2cccc([C@@H]3CN(C)Cc4c(Cl)cc(Cl)cc43)c2)CCC(=O)NCCOCCOCCNS(=O)(=O)c2cccc([C@@H]3CN(C)Cc4c(Cl)cc(Cl)cc43)c2)CC1. The van der Waals surface area contributed by atoms with Crippen molar-refractivity contribution in [2.45, 2.75) is 96.1 Å². The molecule has 4 aliphatic heterocycles. The molecule has 4 heterocycles. The van der Waals surface area contributed by atoms with Crippen LogP contribution in [-0.2, 0) is 92.5 Å². The zero-order valence-corrected chi connectivity index (χ0v) is 74.4. The van der Waals surface area contributed by atoms with Gasteiger partial charge in [-0.3, -0.25) is 14.4 Å². The lowest BCUT2D eigenvalue weighted by Gasteiger charge is -2.39. The number of carbonyl (C=O) groups excluding carboxylic acids is 4. The molecular formula is C82H108Cl6N12O16S3. The minimum atomic E-state index is -3.91. The van der Waals surface area contributed by atoms with Crippen LogP contribution in [0.2, 0.25) is 30.1 Å². The van der Waals surface area contributed by atoms with Crippen molar-refractivity contribution < 1.29 is 72.9 Å². The van der Waals surface area contributed by atoms with Gasteiger partial charge in [0.25, 0.3) is 0 Å². The highest BCUT2D eigenvalue weighted by Crippen LogP contribution is 2.43. The Kier molecular flexibility index (Phi) is 37.0. The number of nitrogens with zero attached hydrogens (tertiary/aromatic N) is 5. The minimum absolute atomic E-state index is 0.000232. The average Bonchev–Trinajstić information content (AvgIpc) is 0.779. The molecule has 0 saturated carbocycles. The van der Waals surface area contributed by atoms with Gasteiger partial charge >= 0.3 is 6.03 Å². The van der Waals surface area contributed by atoms with Gasteiger partial charge in [-0.15, -0.1) is 0 Å². The molecule has 1 fully saturated rings. The maximum absolute atomic E-state index is 14.3. The van der Waals surface area contributed by atoms with Gasteiger partial charge in [0.2, 0.25) is 47.8 Å². The third-order valence-corrected chi connectivity index (χ3v) is 27.3. The lowest BCUT2D eigenvalue weighted by atomic mass is 9.83. The van der Waals surface area contributed by atoms with Crippen molar-refractivity contribution in [3.8, 4) is 0 Å². The predicted octanol–water partition coefficient (Wildman–Crippen LogP) is 9.06. The van der Waals surface area contributed by atoms with Gasteiger partial charge in [0.1, 0.15) is 0 Å². The molecule has 3 atom stereocenters. The molecule has 28 nitrogen and oxygen atoms in total. The van der Waals surface area contributed by atoms with Crippen LogP contribution in [-0.4, -0.2) is 272 Å². The second-order valence-corrected chi connectivity index (χ2v) is 38.1. The van der Waals surface area contributed by atoms with Crippen LogP contribution in [0.3, 0.4) is 0 Å². The number of sulfonamides is 3. The highest BCUT2D eigenvalue weighted by Gasteiger charge is 2.37. The first kappa shape index (κ1) is 95.3. The van der Waals surface area contributed by atoms with E-state index in [2.05, 4.69) is 55.0 Å². The predicted molar refractivity (Wildman–Crippen MR) is 461 cm³/mol. The number of hydrogen-bond acceptors (Lipinski definition) is 20. The molecule has 5 amide bonds. The van der Waals surface area contributed by atoms with Crippen LogP contribution in [0, 0.1) is 0 Å². The van der Waals surface area contributed by atoms with E-state index in [0.717, 1.165) is 50.1 Å². The third-order valence-electron chi connectivity index (χ3n) is 21.3. The van der Waals surface area contributed by atoms with E-state index in [-0.39, 0.29) is 207 Å². The van der Waals surface area contributed by atoms with Gasteiger partial charge in [-0.2, -0.15) is 0 Å². The number of carbonyl (C=O) groups is 4. The number of likely N-dealkylation sites (N-methyl/N-ethyl adjacent to an activating group) is 4. The van der Waals surface area contributed by atoms with E-state index >= 15 is 0 Å².